The fourth-order valence-electron chi connectivity index (χ4n) is 4.99. The van der Waals surface area contributed by atoms with Crippen molar-refractivity contribution in [2.75, 3.05) is 0 Å². The average Bonchev–Trinajstić information content (AvgIpc) is 3.47. The van der Waals surface area contributed by atoms with Gasteiger partial charge in [-0.2, -0.15) is 0 Å². The third-order valence-electron chi connectivity index (χ3n) is 6.73. The van der Waals surface area contributed by atoms with Crippen LogP contribution in [0, 0.1) is 0 Å². The van der Waals surface area contributed by atoms with Crippen LogP contribution < -0.4 is 0 Å². The van der Waals surface area contributed by atoms with Crippen molar-refractivity contribution in [1.82, 2.24) is 14.5 Å². The lowest BCUT2D eigenvalue weighted by Crippen LogP contribution is -1.98. The molecule has 0 amide bonds. The summed E-state index contributed by atoms with van der Waals surface area (Å²) >= 11 is 0. The molecular weight excluding hydrogens is 430 g/mol. The summed E-state index contributed by atoms with van der Waals surface area (Å²) in [6.45, 7) is 3.78. The third kappa shape index (κ3) is 3.00. The standard InChI is InChI=1S/C31H23N3O/c1-19(2)20-15-16-24-25-13-8-14-26(29(25)35-27(24)17-20)31-33-30-28(34(31)22-10-4-3-5-11-22)23-12-7-6-9-21(23)18-32-30/h3-19H,1-2H3/i19D. The Morgan fingerprint density at radius 2 is 1.63 bits per heavy atom. The zero-order valence-corrected chi connectivity index (χ0v) is 19.5. The Balaban J connectivity index is 1.59. The van der Waals surface area contributed by atoms with E-state index in [1.165, 1.54) is 0 Å². The molecule has 0 saturated carbocycles. The molecule has 0 radical (unpaired) electrons. The molecule has 3 heterocycles. The summed E-state index contributed by atoms with van der Waals surface area (Å²) in [6, 6.07) is 30.8. The van der Waals surface area contributed by atoms with E-state index in [-0.39, 0.29) is 0 Å². The molecule has 0 N–H and O–H groups in total. The van der Waals surface area contributed by atoms with Gasteiger partial charge in [-0.05, 0) is 35.7 Å². The normalized spacial score (nSPS) is 12.7. The van der Waals surface area contributed by atoms with Crippen molar-refractivity contribution in [2.45, 2.75) is 19.7 Å². The van der Waals surface area contributed by atoms with Crippen LogP contribution >= 0.6 is 0 Å². The maximum absolute atomic E-state index is 8.45. The Labute approximate surface area is 203 Å². The maximum atomic E-state index is 8.45. The Bertz CT molecular complexity index is 1930. The number of aromatic nitrogens is 3. The van der Waals surface area contributed by atoms with Crippen molar-refractivity contribution in [3.05, 3.63) is 103 Å². The summed E-state index contributed by atoms with van der Waals surface area (Å²) in [7, 11) is 0. The van der Waals surface area contributed by atoms with Crippen molar-refractivity contribution in [3.63, 3.8) is 0 Å². The number of furan rings is 1. The molecular formula is C31H23N3O. The molecule has 0 unspecified atom stereocenters. The Hall–Kier alpha value is -4.44. The Morgan fingerprint density at radius 3 is 2.49 bits per heavy atom. The number of imidazole rings is 1. The number of pyridine rings is 1. The molecule has 0 aliphatic carbocycles. The average molecular weight is 455 g/mol. The smallest absolute Gasteiger partial charge is 0.179 e. The first-order valence-corrected chi connectivity index (χ1v) is 11.8. The molecule has 7 rings (SSSR count). The van der Waals surface area contributed by atoms with Crippen LogP contribution in [0.4, 0.5) is 0 Å². The van der Waals surface area contributed by atoms with E-state index in [0.717, 1.165) is 60.9 Å². The fourth-order valence-corrected chi connectivity index (χ4v) is 4.99. The summed E-state index contributed by atoms with van der Waals surface area (Å²) in [6.07, 6.45) is 1.88. The van der Waals surface area contributed by atoms with Gasteiger partial charge in [0.15, 0.2) is 11.5 Å². The minimum atomic E-state index is -0.704. The molecule has 0 aliphatic rings. The maximum Gasteiger partial charge on any atom is 0.179 e. The highest BCUT2D eigenvalue weighted by molar-refractivity contribution is 6.10. The first-order valence-electron chi connectivity index (χ1n) is 12.3. The van der Waals surface area contributed by atoms with E-state index in [0.29, 0.717) is 5.65 Å². The fraction of sp³-hybridized carbons (Fsp3) is 0.0968. The number of nitrogens with zero attached hydrogens (tertiary/aromatic N) is 3. The summed E-state index contributed by atoms with van der Waals surface area (Å²) < 4.78 is 17.1. The van der Waals surface area contributed by atoms with Crippen molar-refractivity contribution < 1.29 is 5.79 Å². The Morgan fingerprint density at radius 1 is 0.829 bits per heavy atom. The quantitative estimate of drug-likeness (QED) is 0.270. The van der Waals surface area contributed by atoms with Gasteiger partial charge < -0.3 is 4.42 Å². The van der Waals surface area contributed by atoms with Crippen molar-refractivity contribution in [1.29, 1.82) is 0 Å². The molecule has 35 heavy (non-hydrogen) atoms. The number of hydrogen-bond donors (Lipinski definition) is 0. The van der Waals surface area contributed by atoms with Gasteiger partial charge in [-0.1, -0.05) is 80.6 Å². The summed E-state index contributed by atoms with van der Waals surface area (Å²) in [5, 5.41) is 4.23. The van der Waals surface area contributed by atoms with E-state index in [1.807, 2.05) is 56.4 Å². The zero-order valence-electron chi connectivity index (χ0n) is 20.5. The second-order valence-corrected chi connectivity index (χ2v) is 9.12. The van der Waals surface area contributed by atoms with Gasteiger partial charge in [0.25, 0.3) is 0 Å². The van der Waals surface area contributed by atoms with Crippen LogP contribution in [0.5, 0.6) is 0 Å². The number of fused-ring (bicyclic) bond motifs is 6. The minimum Gasteiger partial charge on any atom is -0.455 e. The number of rotatable bonds is 3. The van der Waals surface area contributed by atoms with Crippen LogP contribution in [0.3, 0.4) is 0 Å². The monoisotopic (exact) mass is 454 g/mol. The van der Waals surface area contributed by atoms with Crippen LogP contribution in [0.15, 0.2) is 102 Å². The Kier molecular flexibility index (Phi) is 4.08. The second-order valence-electron chi connectivity index (χ2n) is 9.12. The predicted octanol–water partition coefficient (Wildman–Crippen LogP) is 8.26. The number of hydrogen-bond acceptors (Lipinski definition) is 3. The van der Waals surface area contributed by atoms with Crippen LogP contribution in [0.25, 0.3) is 61.0 Å². The third-order valence-corrected chi connectivity index (χ3v) is 6.73. The SMILES string of the molecule is [2H]C(C)(C)c1ccc2c(c1)oc1c(-c3nc4ncc5ccccc5c4n3-c3ccccc3)cccc12. The van der Waals surface area contributed by atoms with E-state index >= 15 is 0 Å². The zero-order chi connectivity index (χ0) is 24.4. The summed E-state index contributed by atoms with van der Waals surface area (Å²) in [5.74, 6) is 0.0787. The number of benzene rings is 4. The topological polar surface area (TPSA) is 43.9 Å². The van der Waals surface area contributed by atoms with Crippen LogP contribution in [0.1, 0.15) is 26.7 Å². The molecule has 0 atom stereocenters. The largest absolute Gasteiger partial charge is 0.455 e. The highest BCUT2D eigenvalue weighted by Crippen LogP contribution is 2.39. The lowest BCUT2D eigenvalue weighted by atomic mass is 10.0. The van der Waals surface area contributed by atoms with E-state index in [2.05, 4.69) is 59.2 Å². The molecule has 3 aromatic heterocycles. The predicted molar refractivity (Wildman–Crippen MR) is 143 cm³/mol. The van der Waals surface area contributed by atoms with Gasteiger partial charge in [-0.3, -0.25) is 4.57 Å². The van der Waals surface area contributed by atoms with Gasteiger partial charge >= 0.3 is 0 Å². The lowest BCUT2D eigenvalue weighted by molar-refractivity contribution is 0.667. The van der Waals surface area contributed by atoms with E-state index < -0.39 is 5.89 Å². The minimum absolute atomic E-state index is 0.693. The first-order chi connectivity index (χ1) is 17.5. The molecule has 7 aromatic rings. The molecule has 0 bridgehead atoms. The summed E-state index contributed by atoms with van der Waals surface area (Å²) in [4.78, 5) is 9.77. The first kappa shape index (κ1) is 18.9. The highest BCUT2D eigenvalue weighted by Gasteiger charge is 2.21. The van der Waals surface area contributed by atoms with Gasteiger partial charge in [0.1, 0.15) is 16.7 Å². The van der Waals surface area contributed by atoms with Crippen molar-refractivity contribution >= 4 is 43.9 Å². The molecule has 4 heteroatoms. The lowest BCUT2D eigenvalue weighted by Gasteiger charge is -2.11. The highest BCUT2D eigenvalue weighted by atomic mass is 16.3. The van der Waals surface area contributed by atoms with Crippen molar-refractivity contribution in [2.24, 2.45) is 0 Å². The van der Waals surface area contributed by atoms with Gasteiger partial charge in [-0.25, -0.2) is 9.97 Å². The van der Waals surface area contributed by atoms with Gasteiger partial charge in [0.2, 0.25) is 0 Å². The van der Waals surface area contributed by atoms with E-state index in [4.69, 9.17) is 15.8 Å². The van der Waals surface area contributed by atoms with Crippen LogP contribution in [-0.2, 0) is 0 Å². The molecule has 4 nitrogen and oxygen atoms in total. The van der Waals surface area contributed by atoms with Gasteiger partial charge in [0, 0.05) is 34.8 Å². The van der Waals surface area contributed by atoms with Crippen molar-refractivity contribution in [3.8, 4) is 17.1 Å². The van der Waals surface area contributed by atoms with Gasteiger partial charge in [-0.15, -0.1) is 0 Å². The van der Waals surface area contributed by atoms with E-state index in [1.54, 1.807) is 0 Å². The molecule has 0 fully saturated rings. The molecule has 168 valence electrons. The van der Waals surface area contributed by atoms with Crippen LogP contribution in [-0.4, -0.2) is 14.5 Å². The molecule has 0 spiro atoms. The second kappa shape index (κ2) is 7.54. The molecule has 4 aromatic carbocycles. The van der Waals surface area contributed by atoms with Crippen LogP contribution in [0.2, 0.25) is 0 Å². The summed E-state index contributed by atoms with van der Waals surface area (Å²) in [5.41, 5.74) is 6.06. The van der Waals surface area contributed by atoms with Gasteiger partial charge in [0.05, 0.1) is 5.56 Å². The van der Waals surface area contributed by atoms with E-state index in [9.17, 15) is 0 Å². The molecule has 0 saturated heterocycles. The molecule has 0 aliphatic heterocycles. The number of para-hydroxylation sites is 2.